The molecular weight excluding hydrogens is 226 g/mol. The van der Waals surface area contributed by atoms with Crippen LogP contribution in [0.3, 0.4) is 0 Å². The molecule has 0 fully saturated rings. The number of benzene rings is 1. The molecule has 0 atom stereocenters. The number of fused-ring (bicyclic) bond motifs is 2. The molecule has 16 heavy (non-hydrogen) atoms. The first-order valence-corrected chi connectivity index (χ1v) is 5.39. The molecular formula is C12H8ClNO2. The van der Waals surface area contributed by atoms with Crippen molar-refractivity contribution in [1.29, 1.82) is 0 Å². The number of cyclic esters (lactones) is 1. The Hall–Kier alpha value is -1.61. The number of para-hydroxylation sites is 1. The van der Waals surface area contributed by atoms with Gasteiger partial charge in [-0.15, -0.1) is 0 Å². The summed E-state index contributed by atoms with van der Waals surface area (Å²) in [6.07, 6.45) is 0.637. The molecule has 0 bridgehead atoms. The average molecular weight is 234 g/mol. The fourth-order valence-electron chi connectivity index (χ4n) is 1.92. The Morgan fingerprint density at radius 2 is 2.12 bits per heavy atom. The topological polar surface area (TPSA) is 39.2 Å². The van der Waals surface area contributed by atoms with Crippen molar-refractivity contribution >= 4 is 28.5 Å². The summed E-state index contributed by atoms with van der Waals surface area (Å²) < 4.78 is 4.95. The van der Waals surface area contributed by atoms with Crippen LogP contribution in [0.25, 0.3) is 10.9 Å². The SMILES string of the molecule is O=C1OCCc2c1nc1ccccc1c2Cl. The fourth-order valence-corrected chi connectivity index (χ4v) is 2.27. The summed E-state index contributed by atoms with van der Waals surface area (Å²) in [7, 11) is 0. The number of hydrogen-bond acceptors (Lipinski definition) is 3. The number of aromatic nitrogens is 1. The predicted molar refractivity (Wildman–Crippen MR) is 60.7 cm³/mol. The van der Waals surface area contributed by atoms with E-state index >= 15 is 0 Å². The Morgan fingerprint density at radius 1 is 1.31 bits per heavy atom. The van der Waals surface area contributed by atoms with Crippen molar-refractivity contribution in [1.82, 2.24) is 4.98 Å². The largest absolute Gasteiger partial charge is 0.461 e. The van der Waals surface area contributed by atoms with Crippen molar-refractivity contribution in [2.75, 3.05) is 6.61 Å². The maximum absolute atomic E-state index is 11.5. The van der Waals surface area contributed by atoms with Crippen LogP contribution < -0.4 is 0 Å². The number of hydrogen-bond donors (Lipinski definition) is 0. The highest BCUT2D eigenvalue weighted by atomic mass is 35.5. The van der Waals surface area contributed by atoms with E-state index in [1.165, 1.54) is 0 Å². The molecule has 1 aromatic carbocycles. The molecule has 0 N–H and O–H groups in total. The van der Waals surface area contributed by atoms with E-state index in [1.54, 1.807) is 0 Å². The van der Waals surface area contributed by atoms with Gasteiger partial charge < -0.3 is 4.74 Å². The van der Waals surface area contributed by atoms with Gasteiger partial charge in [0, 0.05) is 17.4 Å². The number of esters is 1. The first-order chi connectivity index (χ1) is 7.77. The molecule has 1 aliphatic heterocycles. The lowest BCUT2D eigenvalue weighted by Gasteiger charge is -2.17. The fraction of sp³-hybridized carbons (Fsp3) is 0.167. The minimum absolute atomic E-state index is 0.356. The van der Waals surface area contributed by atoms with E-state index in [0.29, 0.717) is 23.7 Å². The summed E-state index contributed by atoms with van der Waals surface area (Å²) in [5.41, 5.74) is 1.89. The van der Waals surface area contributed by atoms with E-state index in [4.69, 9.17) is 16.3 Å². The summed E-state index contributed by atoms with van der Waals surface area (Å²) >= 11 is 6.28. The number of carbonyl (C=O) groups excluding carboxylic acids is 1. The van der Waals surface area contributed by atoms with Crippen LogP contribution >= 0.6 is 11.6 Å². The highest BCUT2D eigenvalue weighted by Crippen LogP contribution is 2.30. The third-order valence-electron chi connectivity index (χ3n) is 2.70. The van der Waals surface area contributed by atoms with Crippen molar-refractivity contribution in [3.05, 3.63) is 40.5 Å². The van der Waals surface area contributed by atoms with Gasteiger partial charge in [-0.2, -0.15) is 0 Å². The molecule has 4 heteroatoms. The Labute approximate surface area is 97.0 Å². The normalized spacial score (nSPS) is 14.7. The van der Waals surface area contributed by atoms with E-state index in [0.717, 1.165) is 16.5 Å². The van der Waals surface area contributed by atoms with Crippen molar-refractivity contribution < 1.29 is 9.53 Å². The monoisotopic (exact) mass is 233 g/mol. The Balaban J connectivity index is 2.40. The lowest BCUT2D eigenvalue weighted by Crippen LogP contribution is -2.19. The van der Waals surface area contributed by atoms with Gasteiger partial charge >= 0.3 is 5.97 Å². The highest BCUT2D eigenvalue weighted by Gasteiger charge is 2.24. The summed E-state index contributed by atoms with van der Waals surface area (Å²) in [4.78, 5) is 15.8. The second-order valence-corrected chi connectivity index (χ2v) is 4.03. The number of pyridine rings is 1. The molecule has 0 saturated heterocycles. The third kappa shape index (κ3) is 1.28. The van der Waals surface area contributed by atoms with Crippen LogP contribution in [0.5, 0.6) is 0 Å². The van der Waals surface area contributed by atoms with Crippen molar-refractivity contribution in [2.45, 2.75) is 6.42 Å². The molecule has 0 saturated carbocycles. The van der Waals surface area contributed by atoms with Crippen LogP contribution in [0.2, 0.25) is 5.02 Å². The van der Waals surface area contributed by atoms with Gasteiger partial charge in [-0.1, -0.05) is 29.8 Å². The minimum Gasteiger partial charge on any atom is -0.461 e. The summed E-state index contributed by atoms with van der Waals surface area (Å²) in [5, 5.41) is 1.51. The average Bonchev–Trinajstić information content (AvgIpc) is 2.31. The van der Waals surface area contributed by atoms with Gasteiger partial charge in [0.1, 0.15) is 0 Å². The van der Waals surface area contributed by atoms with Crippen LogP contribution in [0.4, 0.5) is 0 Å². The molecule has 1 aliphatic rings. The summed E-state index contributed by atoms with van der Waals surface area (Å²) in [6.45, 7) is 0.381. The van der Waals surface area contributed by atoms with E-state index in [2.05, 4.69) is 4.98 Å². The lowest BCUT2D eigenvalue weighted by atomic mass is 10.0. The molecule has 3 nitrogen and oxygen atoms in total. The smallest absolute Gasteiger partial charge is 0.357 e. The van der Waals surface area contributed by atoms with Crippen LogP contribution in [0.15, 0.2) is 24.3 Å². The van der Waals surface area contributed by atoms with Crippen molar-refractivity contribution in [2.24, 2.45) is 0 Å². The van der Waals surface area contributed by atoms with Gasteiger partial charge in [0.15, 0.2) is 5.69 Å². The first-order valence-electron chi connectivity index (χ1n) is 5.01. The molecule has 2 heterocycles. The third-order valence-corrected chi connectivity index (χ3v) is 3.13. The zero-order valence-corrected chi connectivity index (χ0v) is 9.12. The molecule has 3 rings (SSSR count). The minimum atomic E-state index is -0.381. The highest BCUT2D eigenvalue weighted by molar-refractivity contribution is 6.36. The maximum atomic E-state index is 11.5. The Morgan fingerprint density at radius 3 is 3.00 bits per heavy atom. The van der Waals surface area contributed by atoms with Gasteiger partial charge in [0.2, 0.25) is 0 Å². The standard InChI is InChI=1S/C12H8ClNO2/c13-10-7-3-1-2-4-9(7)14-11-8(10)5-6-16-12(11)15/h1-4H,5-6H2. The lowest BCUT2D eigenvalue weighted by molar-refractivity contribution is 0.0472. The Bertz CT molecular complexity index is 595. The molecule has 2 aromatic rings. The number of carbonyl (C=O) groups is 1. The number of rotatable bonds is 0. The van der Waals surface area contributed by atoms with Crippen LogP contribution in [-0.4, -0.2) is 17.6 Å². The molecule has 80 valence electrons. The summed E-state index contributed by atoms with van der Waals surface area (Å²) in [6, 6.07) is 7.52. The first kappa shape index (κ1) is 9.60. The van der Waals surface area contributed by atoms with E-state index < -0.39 is 0 Å². The number of halogens is 1. The van der Waals surface area contributed by atoms with E-state index in [-0.39, 0.29) is 5.97 Å². The van der Waals surface area contributed by atoms with Crippen LogP contribution in [0.1, 0.15) is 16.1 Å². The molecule has 0 amide bonds. The van der Waals surface area contributed by atoms with Crippen LogP contribution in [0, 0.1) is 0 Å². The van der Waals surface area contributed by atoms with Crippen molar-refractivity contribution in [3.8, 4) is 0 Å². The zero-order valence-electron chi connectivity index (χ0n) is 8.37. The maximum Gasteiger partial charge on any atom is 0.357 e. The van der Waals surface area contributed by atoms with E-state index in [1.807, 2.05) is 24.3 Å². The van der Waals surface area contributed by atoms with Crippen LogP contribution in [-0.2, 0) is 11.2 Å². The number of ether oxygens (including phenoxy) is 1. The summed E-state index contributed by atoms with van der Waals surface area (Å²) in [5.74, 6) is -0.381. The Kier molecular flexibility index (Phi) is 2.07. The molecule has 0 radical (unpaired) electrons. The second kappa shape index (κ2) is 3.46. The van der Waals surface area contributed by atoms with Gasteiger partial charge in [0.25, 0.3) is 0 Å². The molecule has 1 aromatic heterocycles. The molecule has 0 aliphatic carbocycles. The molecule has 0 spiro atoms. The number of nitrogens with zero attached hydrogens (tertiary/aromatic N) is 1. The van der Waals surface area contributed by atoms with Gasteiger partial charge in [-0.05, 0) is 6.07 Å². The molecule has 0 unspecified atom stereocenters. The van der Waals surface area contributed by atoms with Gasteiger partial charge in [-0.25, -0.2) is 9.78 Å². The van der Waals surface area contributed by atoms with Gasteiger partial charge in [-0.3, -0.25) is 0 Å². The zero-order chi connectivity index (χ0) is 11.1. The quantitative estimate of drug-likeness (QED) is 0.657. The second-order valence-electron chi connectivity index (χ2n) is 3.66. The van der Waals surface area contributed by atoms with E-state index in [9.17, 15) is 4.79 Å². The van der Waals surface area contributed by atoms with Crippen molar-refractivity contribution in [3.63, 3.8) is 0 Å². The van der Waals surface area contributed by atoms with Gasteiger partial charge in [0.05, 0.1) is 17.1 Å². The predicted octanol–water partition coefficient (Wildman–Crippen LogP) is 2.60.